The number of carbonyl (C=O) groups excluding carboxylic acids is 1. The molecule has 0 aliphatic carbocycles. The highest BCUT2D eigenvalue weighted by molar-refractivity contribution is 5.91. The van der Waals surface area contributed by atoms with Crippen molar-refractivity contribution >= 4 is 12.0 Å². The van der Waals surface area contributed by atoms with Gasteiger partial charge >= 0.3 is 0 Å². The van der Waals surface area contributed by atoms with Gasteiger partial charge in [-0.25, -0.2) is 4.39 Å². The van der Waals surface area contributed by atoms with Crippen LogP contribution in [0.25, 0.3) is 6.08 Å². The van der Waals surface area contributed by atoms with E-state index >= 15 is 0 Å². The van der Waals surface area contributed by atoms with E-state index in [-0.39, 0.29) is 17.8 Å². The summed E-state index contributed by atoms with van der Waals surface area (Å²) in [5, 5.41) is 2.90. The Morgan fingerprint density at radius 3 is 2.81 bits per heavy atom. The lowest BCUT2D eigenvalue weighted by molar-refractivity contribution is -0.116. The van der Waals surface area contributed by atoms with E-state index in [0.29, 0.717) is 25.5 Å². The molecule has 3 rings (SSSR count). The highest BCUT2D eigenvalue weighted by Gasteiger charge is 2.23. The van der Waals surface area contributed by atoms with Crippen molar-refractivity contribution < 1.29 is 18.3 Å². The Hall–Kier alpha value is -2.44. The van der Waals surface area contributed by atoms with Gasteiger partial charge < -0.3 is 14.5 Å². The normalized spacial score (nSPS) is 16.7. The fraction of sp³-hybridized carbons (Fsp3) is 0.350. The summed E-state index contributed by atoms with van der Waals surface area (Å²) in [6.07, 6.45) is 3.08. The monoisotopic (exact) mass is 358 g/mol. The van der Waals surface area contributed by atoms with Crippen molar-refractivity contribution in [2.24, 2.45) is 0 Å². The average Bonchev–Trinajstić information content (AvgIpc) is 3.06. The van der Waals surface area contributed by atoms with Crippen LogP contribution in [0.4, 0.5) is 4.39 Å². The summed E-state index contributed by atoms with van der Waals surface area (Å²) >= 11 is 0. The number of aryl methyl sites for hydroxylation is 1. The van der Waals surface area contributed by atoms with Gasteiger partial charge in [-0.05, 0) is 42.8 Å². The zero-order valence-electron chi connectivity index (χ0n) is 14.8. The number of nitrogens with one attached hydrogen (secondary N) is 1. The van der Waals surface area contributed by atoms with Gasteiger partial charge in [-0.3, -0.25) is 9.69 Å². The average molecular weight is 358 g/mol. The highest BCUT2D eigenvalue weighted by atomic mass is 19.1. The van der Waals surface area contributed by atoms with E-state index in [1.54, 1.807) is 12.1 Å². The number of halogens is 1. The van der Waals surface area contributed by atoms with Crippen LogP contribution in [0.1, 0.15) is 23.1 Å². The smallest absolute Gasteiger partial charge is 0.244 e. The number of furan rings is 1. The molecule has 6 heteroatoms. The van der Waals surface area contributed by atoms with Crippen molar-refractivity contribution in [1.29, 1.82) is 0 Å². The van der Waals surface area contributed by atoms with E-state index in [1.807, 2.05) is 25.1 Å². The number of amides is 1. The predicted molar refractivity (Wildman–Crippen MR) is 97.0 cm³/mol. The standard InChI is InChI=1S/C20H23FN2O3/c1-15-5-6-18(26-15)7-8-20(24)22-14-19(23-9-11-25-12-10-23)16-3-2-4-17(21)13-16/h2-8,13,19H,9-12,14H2,1H3,(H,22,24)/b8-7+. The van der Waals surface area contributed by atoms with Crippen LogP contribution in [0.2, 0.25) is 0 Å². The van der Waals surface area contributed by atoms with Gasteiger partial charge in [0, 0.05) is 25.7 Å². The third kappa shape index (κ3) is 5.03. The van der Waals surface area contributed by atoms with E-state index in [1.165, 1.54) is 18.2 Å². The second-order valence-corrected chi connectivity index (χ2v) is 6.25. The van der Waals surface area contributed by atoms with Crippen molar-refractivity contribution in [3.8, 4) is 0 Å². The molecule has 1 aliphatic rings. The van der Waals surface area contributed by atoms with Crippen LogP contribution in [0.3, 0.4) is 0 Å². The van der Waals surface area contributed by atoms with Gasteiger partial charge in [0.05, 0.1) is 19.3 Å². The number of rotatable bonds is 6. The summed E-state index contributed by atoms with van der Waals surface area (Å²) in [6, 6.07) is 10.1. The van der Waals surface area contributed by atoms with Gasteiger partial charge in [0.25, 0.3) is 0 Å². The summed E-state index contributed by atoms with van der Waals surface area (Å²) < 4.78 is 24.5. The Morgan fingerprint density at radius 1 is 1.31 bits per heavy atom. The topological polar surface area (TPSA) is 54.7 Å². The molecule has 1 aromatic carbocycles. The van der Waals surface area contributed by atoms with Crippen LogP contribution in [-0.4, -0.2) is 43.7 Å². The van der Waals surface area contributed by atoms with Gasteiger partial charge in [0.1, 0.15) is 17.3 Å². The largest absolute Gasteiger partial charge is 0.462 e. The second-order valence-electron chi connectivity index (χ2n) is 6.25. The maximum Gasteiger partial charge on any atom is 0.244 e. The molecule has 0 saturated carbocycles. The zero-order valence-corrected chi connectivity index (χ0v) is 14.8. The number of hydrogen-bond acceptors (Lipinski definition) is 4. The first-order valence-electron chi connectivity index (χ1n) is 8.71. The summed E-state index contributed by atoms with van der Waals surface area (Å²) in [6.45, 7) is 5.01. The van der Waals surface area contributed by atoms with Crippen LogP contribution in [0.5, 0.6) is 0 Å². The number of morpholine rings is 1. The van der Waals surface area contributed by atoms with Crippen molar-refractivity contribution in [2.75, 3.05) is 32.8 Å². The fourth-order valence-electron chi connectivity index (χ4n) is 3.02. The molecule has 1 aliphatic heterocycles. The van der Waals surface area contributed by atoms with Gasteiger partial charge in [0.15, 0.2) is 0 Å². The maximum atomic E-state index is 13.7. The SMILES string of the molecule is Cc1ccc(/C=C/C(=O)NCC(c2cccc(F)c2)N2CCOCC2)o1. The number of ether oxygens (including phenoxy) is 1. The summed E-state index contributed by atoms with van der Waals surface area (Å²) in [5.74, 6) is 0.935. The third-order valence-electron chi connectivity index (χ3n) is 4.35. The Bertz CT molecular complexity index is 766. The molecule has 0 radical (unpaired) electrons. The second kappa shape index (κ2) is 8.78. The van der Waals surface area contributed by atoms with Gasteiger partial charge in [-0.15, -0.1) is 0 Å². The summed E-state index contributed by atoms with van der Waals surface area (Å²) in [5.41, 5.74) is 0.845. The van der Waals surface area contributed by atoms with E-state index in [0.717, 1.165) is 24.4 Å². The Balaban J connectivity index is 1.65. The van der Waals surface area contributed by atoms with Gasteiger partial charge in [-0.2, -0.15) is 0 Å². The zero-order chi connectivity index (χ0) is 18.4. The van der Waals surface area contributed by atoms with Crippen molar-refractivity contribution in [3.63, 3.8) is 0 Å². The molecule has 2 heterocycles. The predicted octanol–water partition coefficient (Wildman–Crippen LogP) is 2.93. The molecular formula is C20H23FN2O3. The summed E-state index contributed by atoms with van der Waals surface area (Å²) in [4.78, 5) is 14.4. The number of nitrogens with zero attached hydrogens (tertiary/aromatic N) is 1. The van der Waals surface area contributed by atoms with E-state index in [2.05, 4.69) is 10.2 Å². The molecule has 1 saturated heterocycles. The first-order chi connectivity index (χ1) is 12.6. The maximum absolute atomic E-state index is 13.7. The van der Waals surface area contributed by atoms with E-state index in [9.17, 15) is 9.18 Å². The first kappa shape index (κ1) is 18.4. The molecule has 26 heavy (non-hydrogen) atoms. The highest BCUT2D eigenvalue weighted by Crippen LogP contribution is 2.22. The van der Waals surface area contributed by atoms with Crippen molar-refractivity contribution in [3.05, 3.63) is 65.4 Å². The molecule has 1 unspecified atom stereocenters. The van der Waals surface area contributed by atoms with Crippen LogP contribution in [0, 0.1) is 12.7 Å². The van der Waals surface area contributed by atoms with Gasteiger partial charge in [-0.1, -0.05) is 12.1 Å². The number of carbonyl (C=O) groups is 1. The lowest BCUT2D eigenvalue weighted by atomic mass is 10.0. The molecule has 0 bridgehead atoms. The van der Waals surface area contributed by atoms with E-state index < -0.39 is 0 Å². The molecule has 1 atom stereocenters. The Morgan fingerprint density at radius 2 is 2.12 bits per heavy atom. The van der Waals surface area contributed by atoms with Crippen LogP contribution >= 0.6 is 0 Å². The Labute approximate surface area is 152 Å². The fourth-order valence-corrected chi connectivity index (χ4v) is 3.02. The number of hydrogen-bond donors (Lipinski definition) is 1. The molecule has 5 nitrogen and oxygen atoms in total. The molecule has 1 aromatic heterocycles. The van der Waals surface area contributed by atoms with Crippen LogP contribution < -0.4 is 5.32 Å². The number of benzene rings is 1. The van der Waals surface area contributed by atoms with Crippen LogP contribution in [0.15, 0.2) is 46.9 Å². The molecular weight excluding hydrogens is 335 g/mol. The van der Waals surface area contributed by atoms with E-state index in [4.69, 9.17) is 9.15 Å². The molecule has 1 amide bonds. The van der Waals surface area contributed by atoms with Crippen LogP contribution in [-0.2, 0) is 9.53 Å². The molecule has 2 aromatic rings. The lowest BCUT2D eigenvalue weighted by Gasteiger charge is -2.34. The molecule has 1 fully saturated rings. The van der Waals surface area contributed by atoms with Gasteiger partial charge in [0.2, 0.25) is 5.91 Å². The third-order valence-corrected chi connectivity index (χ3v) is 4.35. The summed E-state index contributed by atoms with van der Waals surface area (Å²) in [7, 11) is 0. The Kier molecular flexibility index (Phi) is 6.20. The minimum absolute atomic E-state index is 0.0993. The minimum atomic E-state index is -0.278. The minimum Gasteiger partial charge on any atom is -0.462 e. The lowest BCUT2D eigenvalue weighted by Crippen LogP contribution is -2.43. The van der Waals surface area contributed by atoms with Crippen molar-refractivity contribution in [2.45, 2.75) is 13.0 Å². The quantitative estimate of drug-likeness (QED) is 0.807. The van der Waals surface area contributed by atoms with Crippen molar-refractivity contribution in [1.82, 2.24) is 10.2 Å². The molecule has 1 N–H and O–H groups in total. The molecule has 0 spiro atoms. The first-order valence-corrected chi connectivity index (χ1v) is 8.71. The molecule has 138 valence electrons.